The standard InChI is InChI=1S/C24H35BrN2O7/c1-22(2,3)32-19(29)17(27-21(31)34-24(7,8)9)13-18(28)15-11-10-14(25)12-16(15)26-20(30)33-23(4,5)6/h10-12,17H,13H2,1-9H3,(H,26,30)(H,27,31). The van der Waals surface area contributed by atoms with Crippen molar-refractivity contribution in [3.8, 4) is 0 Å². The van der Waals surface area contributed by atoms with Crippen molar-refractivity contribution in [2.75, 3.05) is 5.32 Å². The van der Waals surface area contributed by atoms with Gasteiger partial charge < -0.3 is 19.5 Å². The third-order valence-electron chi connectivity index (χ3n) is 3.69. The molecule has 0 aliphatic rings. The Morgan fingerprint density at radius 2 is 1.32 bits per heavy atom. The van der Waals surface area contributed by atoms with Crippen molar-refractivity contribution in [2.45, 2.75) is 91.6 Å². The van der Waals surface area contributed by atoms with Gasteiger partial charge in [0.05, 0.1) is 5.69 Å². The Bertz CT molecular complexity index is 925. The van der Waals surface area contributed by atoms with Crippen LogP contribution in [0.3, 0.4) is 0 Å². The molecule has 0 fully saturated rings. The minimum atomic E-state index is -1.31. The highest BCUT2D eigenvalue weighted by molar-refractivity contribution is 9.10. The van der Waals surface area contributed by atoms with Crippen LogP contribution in [-0.4, -0.2) is 46.8 Å². The van der Waals surface area contributed by atoms with Crippen molar-refractivity contribution in [1.82, 2.24) is 5.32 Å². The maximum absolute atomic E-state index is 13.2. The molecule has 2 amide bonds. The highest BCUT2D eigenvalue weighted by Gasteiger charge is 2.31. The molecule has 0 saturated heterocycles. The largest absolute Gasteiger partial charge is 0.458 e. The van der Waals surface area contributed by atoms with E-state index in [9.17, 15) is 19.2 Å². The van der Waals surface area contributed by atoms with Gasteiger partial charge in [-0.2, -0.15) is 0 Å². The Labute approximate surface area is 209 Å². The molecule has 1 rings (SSSR count). The average molecular weight is 543 g/mol. The molecule has 1 aromatic rings. The number of carbonyl (C=O) groups excluding carboxylic acids is 4. The van der Waals surface area contributed by atoms with Crippen LogP contribution in [-0.2, 0) is 19.0 Å². The first-order chi connectivity index (χ1) is 15.3. The van der Waals surface area contributed by atoms with E-state index in [1.54, 1.807) is 74.4 Å². The molecule has 0 aliphatic carbocycles. The molecule has 1 aromatic carbocycles. The second-order valence-electron chi connectivity index (χ2n) is 10.7. The lowest BCUT2D eigenvalue weighted by molar-refractivity contribution is -0.157. The summed E-state index contributed by atoms with van der Waals surface area (Å²) in [6.07, 6.45) is -2.02. The Hall–Kier alpha value is -2.62. The van der Waals surface area contributed by atoms with E-state index >= 15 is 0 Å². The first kappa shape index (κ1) is 29.4. The van der Waals surface area contributed by atoms with Gasteiger partial charge in [-0.1, -0.05) is 15.9 Å². The number of hydrogen-bond donors (Lipinski definition) is 2. The summed E-state index contributed by atoms with van der Waals surface area (Å²) in [6.45, 7) is 15.2. The Balaban J connectivity index is 3.18. The van der Waals surface area contributed by atoms with Gasteiger partial charge in [-0.05, 0) is 80.5 Å². The average Bonchev–Trinajstić information content (AvgIpc) is 2.56. The van der Waals surface area contributed by atoms with Crippen LogP contribution in [0.4, 0.5) is 15.3 Å². The maximum Gasteiger partial charge on any atom is 0.412 e. The van der Waals surface area contributed by atoms with Gasteiger partial charge in [-0.25, -0.2) is 14.4 Å². The summed E-state index contributed by atoms with van der Waals surface area (Å²) in [5, 5.41) is 4.98. The van der Waals surface area contributed by atoms with Gasteiger partial charge in [-0.15, -0.1) is 0 Å². The van der Waals surface area contributed by atoms with Crippen LogP contribution in [0.25, 0.3) is 0 Å². The lowest BCUT2D eigenvalue weighted by Crippen LogP contribution is -2.47. The predicted molar refractivity (Wildman–Crippen MR) is 132 cm³/mol. The summed E-state index contributed by atoms with van der Waals surface area (Å²) in [6, 6.07) is 3.36. The van der Waals surface area contributed by atoms with Crippen LogP contribution < -0.4 is 10.6 Å². The molecule has 0 saturated carbocycles. The molecule has 0 spiro atoms. The molecule has 0 aliphatic heterocycles. The predicted octanol–water partition coefficient (Wildman–Crippen LogP) is 5.60. The number of alkyl carbamates (subject to hydrolysis) is 1. The minimum absolute atomic E-state index is 0.133. The molecule has 10 heteroatoms. The fourth-order valence-electron chi connectivity index (χ4n) is 2.59. The third-order valence-corrected chi connectivity index (χ3v) is 4.18. The smallest absolute Gasteiger partial charge is 0.412 e. The number of rotatable bonds is 6. The Kier molecular flexibility index (Phi) is 9.69. The molecule has 9 nitrogen and oxygen atoms in total. The molecule has 1 unspecified atom stereocenters. The van der Waals surface area contributed by atoms with E-state index in [-0.39, 0.29) is 11.3 Å². The van der Waals surface area contributed by atoms with E-state index < -0.39 is 53.2 Å². The summed E-state index contributed by atoms with van der Waals surface area (Å²) >= 11 is 3.31. The van der Waals surface area contributed by atoms with Crippen molar-refractivity contribution < 1.29 is 33.4 Å². The van der Waals surface area contributed by atoms with Crippen molar-refractivity contribution in [1.29, 1.82) is 0 Å². The Morgan fingerprint density at radius 3 is 1.82 bits per heavy atom. The van der Waals surface area contributed by atoms with Gasteiger partial charge in [0.25, 0.3) is 0 Å². The van der Waals surface area contributed by atoms with Crippen LogP contribution >= 0.6 is 15.9 Å². The van der Waals surface area contributed by atoms with Crippen LogP contribution in [0.15, 0.2) is 22.7 Å². The first-order valence-electron chi connectivity index (χ1n) is 10.8. The minimum Gasteiger partial charge on any atom is -0.458 e. The van der Waals surface area contributed by atoms with Crippen molar-refractivity contribution >= 4 is 45.6 Å². The molecule has 190 valence electrons. The van der Waals surface area contributed by atoms with Gasteiger partial charge in [0.1, 0.15) is 22.8 Å². The number of halogens is 1. The maximum atomic E-state index is 13.2. The van der Waals surface area contributed by atoms with Crippen molar-refractivity contribution in [2.24, 2.45) is 0 Å². The van der Waals surface area contributed by atoms with E-state index in [1.165, 1.54) is 6.07 Å². The van der Waals surface area contributed by atoms with Crippen molar-refractivity contribution in [3.63, 3.8) is 0 Å². The van der Waals surface area contributed by atoms with Gasteiger partial charge >= 0.3 is 18.2 Å². The number of benzene rings is 1. The third kappa shape index (κ3) is 11.5. The summed E-state index contributed by atoms with van der Waals surface area (Å²) in [5.74, 6) is -1.30. The SMILES string of the molecule is CC(C)(C)OC(=O)Nc1cc(Br)ccc1C(=O)CC(NC(=O)OC(C)(C)C)C(=O)OC(C)(C)C. The molecular weight excluding hydrogens is 508 g/mol. The number of hydrogen-bond acceptors (Lipinski definition) is 7. The van der Waals surface area contributed by atoms with Crippen LogP contribution in [0.5, 0.6) is 0 Å². The van der Waals surface area contributed by atoms with Crippen LogP contribution in [0, 0.1) is 0 Å². The number of amides is 2. The zero-order valence-corrected chi connectivity index (χ0v) is 22.8. The number of ketones is 1. The van der Waals surface area contributed by atoms with Gasteiger partial charge in [0, 0.05) is 16.5 Å². The topological polar surface area (TPSA) is 120 Å². The number of carbonyl (C=O) groups is 4. The summed E-state index contributed by atoms with van der Waals surface area (Å²) in [4.78, 5) is 50.5. The van der Waals surface area contributed by atoms with Gasteiger partial charge in [-0.3, -0.25) is 10.1 Å². The fraction of sp³-hybridized carbons (Fsp3) is 0.583. The summed E-state index contributed by atoms with van der Waals surface area (Å²) in [5.41, 5.74) is -2.06. The molecule has 34 heavy (non-hydrogen) atoms. The molecule has 0 radical (unpaired) electrons. The highest BCUT2D eigenvalue weighted by Crippen LogP contribution is 2.25. The number of ether oxygens (including phenoxy) is 3. The van der Waals surface area contributed by atoms with E-state index in [0.29, 0.717) is 4.47 Å². The first-order valence-corrected chi connectivity index (χ1v) is 11.6. The van der Waals surface area contributed by atoms with Gasteiger partial charge in [0.2, 0.25) is 0 Å². The van der Waals surface area contributed by atoms with E-state index in [1.807, 2.05) is 0 Å². The molecule has 0 aromatic heterocycles. The number of Topliss-reactive ketones (excluding diaryl/α,β-unsaturated/α-hetero) is 1. The molecule has 1 atom stereocenters. The monoisotopic (exact) mass is 542 g/mol. The van der Waals surface area contributed by atoms with E-state index in [4.69, 9.17) is 14.2 Å². The highest BCUT2D eigenvalue weighted by atomic mass is 79.9. The number of esters is 1. The van der Waals surface area contributed by atoms with E-state index in [2.05, 4.69) is 26.6 Å². The quantitative estimate of drug-likeness (QED) is 0.272. The fourth-order valence-corrected chi connectivity index (χ4v) is 2.95. The second kappa shape index (κ2) is 11.2. The zero-order chi connectivity index (χ0) is 26.5. The van der Waals surface area contributed by atoms with Crippen LogP contribution in [0.2, 0.25) is 0 Å². The zero-order valence-electron chi connectivity index (χ0n) is 21.3. The van der Waals surface area contributed by atoms with E-state index in [0.717, 1.165) is 0 Å². The number of anilines is 1. The lowest BCUT2D eigenvalue weighted by Gasteiger charge is -2.26. The molecular formula is C24H35BrN2O7. The molecule has 0 heterocycles. The number of nitrogens with one attached hydrogen (secondary N) is 2. The summed E-state index contributed by atoms with van der Waals surface area (Å²) in [7, 11) is 0. The van der Waals surface area contributed by atoms with Crippen molar-refractivity contribution in [3.05, 3.63) is 28.2 Å². The molecule has 0 bridgehead atoms. The lowest BCUT2D eigenvalue weighted by atomic mass is 10.0. The summed E-state index contributed by atoms with van der Waals surface area (Å²) < 4.78 is 16.5. The van der Waals surface area contributed by atoms with Crippen LogP contribution in [0.1, 0.15) is 79.1 Å². The Morgan fingerprint density at radius 1 is 0.824 bits per heavy atom. The second-order valence-corrected chi connectivity index (χ2v) is 11.6. The normalized spacial score (nSPS) is 12.9. The molecule has 2 N–H and O–H groups in total. The van der Waals surface area contributed by atoms with Gasteiger partial charge in [0.15, 0.2) is 5.78 Å².